The molecule has 3 heteroatoms. The number of carbonyl (C=O) groups excluding carboxylic acids is 1. The van der Waals surface area contributed by atoms with Gasteiger partial charge in [0.1, 0.15) is 11.2 Å². The summed E-state index contributed by atoms with van der Waals surface area (Å²) in [4.78, 5) is 11.9. The SMILES string of the molecule is CCC1(C)OC(C)(C)C(=O)C12CO2. The van der Waals surface area contributed by atoms with Gasteiger partial charge in [0.2, 0.25) is 5.78 Å². The predicted molar refractivity (Wildman–Crippen MR) is 47.6 cm³/mol. The number of hydrogen-bond donors (Lipinski definition) is 0. The lowest BCUT2D eigenvalue weighted by molar-refractivity contribution is -0.133. The van der Waals surface area contributed by atoms with Crippen molar-refractivity contribution < 1.29 is 14.3 Å². The quantitative estimate of drug-likeness (QED) is 0.577. The van der Waals surface area contributed by atoms with Gasteiger partial charge < -0.3 is 9.47 Å². The highest BCUT2D eigenvalue weighted by molar-refractivity contribution is 5.99. The molecule has 0 aromatic carbocycles. The Labute approximate surface area is 78.4 Å². The first kappa shape index (κ1) is 9.16. The standard InChI is InChI=1S/C10H16O3/c1-5-9(4)10(6-12-10)7(11)8(2,3)13-9/h5-6H2,1-4H3. The van der Waals surface area contributed by atoms with Crippen molar-refractivity contribution in [3.8, 4) is 0 Å². The van der Waals surface area contributed by atoms with Crippen molar-refractivity contribution in [1.82, 2.24) is 0 Å². The summed E-state index contributed by atoms with van der Waals surface area (Å²) in [5, 5.41) is 0. The molecule has 13 heavy (non-hydrogen) atoms. The number of Topliss-reactive ketones (excluding diaryl/α,β-unsaturated/α-hetero) is 1. The molecule has 0 saturated carbocycles. The van der Waals surface area contributed by atoms with Crippen LogP contribution in [0.25, 0.3) is 0 Å². The summed E-state index contributed by atoms with van der Waals surface area (Å²) in [5.74, 6) is 0.101. The van der Waals surface area contributed by atoms with Crippen LogP contribution in [0.1, 0.15) is 34.1 Å². The van der Waals surface area contributed by atoms with Gasteiger partial charge in [-0.3, -0.25) is 4.79 Å². The minimum Gasteiger partial charge on any atom is -0.358 e. The fourth-order valence-corrected chi connectivity index (χ4v) is 2.28. The van der Waals surface area contributed by atoms with E-state index in [0.717, 1.165) is 6.42 Å². The van der Waals surface area contributed by atoms with E-state index in [1.807, 2.05) is 27.7 Å². The maximum atomic E-state index is 11.9. The molecule has 2 fully saturated rings. The van der Waals surface area contributed by atoms with Gasteiger partial charge in [0, 0.05) is 0 Å². The van der Waals surface area contributed by atoms with Crippen molar-refractivity contribution in [2.75, 3.05) is 6.61 Å². The molecule has 2 unspecified atom stereocenters. The normalized spacial score (nSPS) is 47.2. The molecule has 2 saturated heterocycles. The summed E-state index contributed by atoms with van der Waals surface area (Å²) >= 11 is 0. The van der Waals surface area contributed by atoms with E-state index in [1.165, 1.54) is 0 Å². The number of hydrogen-bond acceptors (Lipinski definition) is 3. The number of epoxide rings is 1. The molecule has 2 atom stereocenters. The Morgan fingerprint density at radius 3 is 2.23 bits per heavy atom. The van der Waals surface area contributed by atoms with Crippen LogP contribution >= 0.6 is 0 Å². The highest BCUT2D eigenvalue weighted by Crippen LogP contribution is 2.53. The third-order valence-electron chi connectivity index (χ3n) is 3.36. The zero-order chi connectivity index (χ0) is 9.91. The highest BCUT2D eigenvalue weighted by Gasteiger charge is 2.73. The molecule has 0 aliphatic carbocycles. The van der Waals surface area contributed by atoms with Crippen LogP contribution in [0.2, 0.25) is 0 Å². The van der Waals surface area contributed by atoms with E-state index in [0.29, 0.717) is 6.61 Å². The third-order valence-corrected chi connectivity index (χ3v) is 3.36. The van der Waals surface area contributed by atoms with Gasteiger partial charge in [-0.15, -0.1) is 0 Å². The molecule has 0 bridgehead atoms. The van der Waals surface area contributed by atoms with E-state index in [-0.39, 0.29) is 5.78 Å². The van der Waals surface area contributed by atoms with Gasteiger partial charge in [0.15, 0.2) is 5.60 Å². The Kier molecular flexibility index (Phi) is 1.51. The lowest BCUT2D eigenvalue weighted by Crippen LogP contribution is -2.42. The zero-order valence-electron chi connectivity index (χ0n) is 8.64. The Hall–Kier alpha value is -0.410. The fraction of sp³-hybridized carbons (Fsp3) is 0.900. The van der Waals surface area contributed by atoms with Crippen molar-refractivity contribution in [2.45, 2.75) is 50.9 Å². The Bertz CT molecular complexity index is 265. The number of ether oxygens (including phenoxy) is 2. The first-order valence-electron chi connectivity index (χ1n) is 4.77. The van der Waals surface area contributed by atoms with E-state index < -0.39 is 16.8 Å². The van der Waals surface area contributed by atoms with Crippen LogP contribution in [0.3, 0.4) is 0 Å². The van der Waals surface area contributed by atoms with Gasteiger partial charge in [-0.1, -0.05) is 6.92 Å². The minimum atomic E-state index is -0.679. The lowest BCUT2D eigenvalue weighted by atomic mass is 9.83. The average molecular weight is 184 g/mol. The first-order chi connectivity index (χ1) is 5.88. The van der Waals surface area contributed by atoms with Crippen LogP contribution in [0.4, 0.5) is 0 Å². The minimum absolute atomic E-state index is 0.101. The van der Waals surface area contributed by atoms with Gasteiger partial charge >= 0.3 is 0 Å². The van der Waals surface area contributed by atoms with Gasteiger partial charge in [0.25, 0.3) is 0 Å². The monoisotopic (exact) mass is 184 g/mol. The van der Waals surface area contributed by atoms with Crippen LogP contribution in [0.15, 0.2) is 0 Å². The lowest BCUT2D eigenvalue weighted by Gasteiger charge is -2.26. The van der Waals surface area contributed by atoms with Gasteiger partial charge in [0.05, 0.1) is 6.61 Å². The molecule has 2 heterocycles. The molecule has 0 aromatic heterocycles. The molecule has 0 radical (unpaired) electrons. The zero-order valence-corrected chi connectivity index (χ0v) is 8.64. The summed E-state index contributed by atoms with van der Waals surface area (Å²) in [6, 6.07) is 0. The van der Waals surface area contributed by atoms with Crippen molar-refractivity contribution in [3.63, 3.8) is 0 Å². The van der Waals surface area contributed by atoms with E-state index in [2.05, 4.69) is 0 Å². The maximum absolute atomic E-state index is 11.9. The van der Waals surface area contributed by atoms with Gasteiger partial charge in [-0.2, -0.15) is 0 Å². The molecule has 0 aromatic rings. The Morgan fingerprint density at radius 1 is 1.38 bits per heavy atom. The molecule has 0 amide bonds. The van der Waals surface area contributed by atoms with Crippen LogP contribution in [-0.2, 0) is 14.3 Å². The average Bonchev–Trinajstić information content (AvgIpc) is 2.79. The molecule has 0 N–H and O–H groups in total. The van der Waals surface area contributed by atoms with Crippen LogP contribution in [-0.4, -0.2) is 29.2 Å². The summed E-state index contributed by atoms with van der Waals surface area (Å²) < 4.78 is 11.1. The molecule has 1 spiro atoms. The number of carbonyl (C=O) groups is 1. The maximum Gasteiger partial charge on any atom is 0.201 e. The van der Waals surface area contributed by atoms with Crippen molar-refractivity contribution in [3.05, 3.63) is 0 Å². The molecule has 2 aliphatic heterocycles. The van der Waals surface area contributed by atoms with Crippen LogP contribution in [0, 0.1) is 0 Å². The summed E-state index contributed by atoms with van der Waals surface area (Å²) in [6.45, 7) is 8.16. The van der Waals surface area contributed by atoms with E-state index in [9.17, 15) is 4.79 Å². The molecule has 3 nitrogen and oxygen atoms in total. The Balaban J connectivity index is 2.41. The smallest absolute Gasteiger partial charge is 0.201 e. The van der Waals surface area contributed by atoms with Crippen molar-refractivity contribution >= 4 is 5.78 Å². The topological polar surface area (TPSA) is 38.8 Å². The van der Waals surface area contributed by atoms with Crippen molar-refractivity contribution in [2.24, 2.45) is 0 Å². The van der Waals surface area contributed by atoms with Crippen LogP contribution in [0.5, 0.6) is 0 Å². The molecular formula is C10H16O3. The van der Waals surface area contributed by atoms with Crippen LogP contribution < -0.4 is 0 Å². The van der Waals surface area contributed by atoms with E-state index >= 15 is 0 Å². The largest absolute Gasteiger partial charge is 0.358 e. The van der Waals surface area contributed by atoms with E-state index in [4.69, 9.17) is 9.47 Å². The first-order valence-corrected chi connectivity index (χ1v) is 4.77. The van der Waals surface area contributed by atoms with E-state index in [1.54, 1.807) is 0 Å². The third kappa shape index (κ3) is 0.891. The second-order valence-corrected chi connectivity index (χ2v) is 4.64. The predicted octanol–water partition coefficient (Wildman–Crippen LogP) is 1.30. The number of rotatable bonds is 1. The summed E-state index contributed by atoms with van der Waals surface area (Å²) in [5.41, 5.74) is -1.72. The highest BCUT2D eigenvalue weighted by atomic mass is 16.7. The second kappa shape index (κ2) is 2.15. The molecule has 74 valence electrons. The van der Waals surface area contributed by atoms with Gasteiger partial charge in [-0.05, 0) is 27.2 Å². The van der Waals surface area contributed by atoms with Crippen molar-refractivity contribution in [1.29, 1.82) is 0 Å². The summed E-state index contributed by atoms with van der Waals surface area (Å²) in [7, 11) is 0. The summed E-state index contributed by atoms with van der Waals surface area (Å²) in [6.07, 6.45) is 0.808. The fourth-order valence-electron chi connectivity index (χ4n) is 2.28. The molecular weight excluding hydrogens is 168 g/mol. The molecule has 2 aliphatic rings. The van der Waals surface area contributed by atoms with Gasteiger partial charge in [-0.25, -0.2) is 0 Å². The second-order valence-electron chi connectivity index (χ2n) is 4.64. The Morgan fingerprint density at radius 2 is 1.92 bits per heavy atom. The molecule has 2 rings (SSSR count). The number of ketones is 1.